The number of carbonyl (C=O) groups is 1. The molecule has 1 aliphatic rings. The van der Waals surface area contributed by atoms with Gasteiger partial charge in [0.15, 0.2) is 5.96 Å². The first-order valence-corrected chi connectivity index (χ1v) is 10.7. The lowest BCUT2D eigenvalue weighted by atomic mass is 9.72. The second kappa shape index (κ2) is 13.8. The number of hydrogen-bond donors (Lipinski definition) is 4. The summed E-state index contributed by atoms with van der Waals surface area (Å²) < 4.78 is 13.6. The molecule has 30 heavy (non-hydrogen) atoms. The summed E-state index contributed by atoms with van der Waals surface area (Å²) in [6.45, 7) is 6.23. The number of benzene rings is 1. The molecule has 0 radical (unpaired) electrons. The number of halogens is 2. The van der Waals surface area contributed by atoms with E-state index in [1.54, 1.807) is 19.1 Å². The average Bonchev–Trinajstić information content (AvgIpc) is 2.72. The monoisotopic (exact) mass is 534 g/mol. The predicted molar refractivity (Wildman–Crippen MR) is 130 cm³/mol. The van der Waals surface area contributed by atoms with Crippen LogP contribution in [0.1, 0.15) is 61.4 Å². The van der Waals surface area contributed by atoms with E-state index in [-0.39, 0.29) is 47.7 Å². The first-order valence-electron chi connectivity index (χ1n) is 10.7. The van der Waals surface area contributed by atoms with Crippen molar-refractivity contribution in [2.75, 3.05) is 32.8 Å². The van der Waals surface area contributed by atoms with E-state index in [9.17, 15) is 14.3 Å². The topological polar surface area (TPSA) is 85.8 Å². The van der Waals surface area contributed by atoms with Crippen molar-refractivity contribution in [3.63, 3.8) is 0 Å². The maximum atomic E-state index is 13.6. The van der Waals surface area contributed by atoms with E-state index in [1.165, 1.54) is 25.3 Å². The lowest BCUT2D eigenvalue weighted by Crippen LogP contribution is -2.42. The highest BCUT2D eigenvalue weighted by molar-refractivity contribution is 14.0. The first kappa shape index (κ1) is 26.6. The van der Waals surface area contributed by atoms with Gasteiger partial charge in [-0.15, -0.1) is 24.0 Å². The third kappa shape index (κ3) is 8.37. The van der Waals surface area contributed by atoms with Crippen LogP contribution in [0.15, 0.2) is 23.2 Å². The molecule has 0 aliphatic heterocycles. The largest absolute Gasteiger partial charge is 0.396 e. The molecule has 1 saturated carbocycles. The van der Waals surface area contributed by atoms with E-state index in [2.05, 4.69) is 16.0 Å². The predicted octanol–water partition coefficient (Wildman–Crippen LogP) is 3.37. The maximum Gasteiger partial charge on any atom is 0.251 e. The van der Waals surface area contributed by atoms with Gasteiger partial charge < -0.3 is 21.1 Å². The zero-order valence-corrected chi connectivity index (χ0v) is 20.4. The first-order chi connectivity index (χ1) is 14.0. The van der Waals surface area contributed by atoms with E-state index in [0.29, 0.717) is 36.7 Å². The Hall–Kier alpha value is -1.42. The molecule has 2 rings (SSSR count). The Kier molecular flexibility index (Phi) is 12.2. The summed E-state index contributed by atoms with van der Waals surface area (Å²) in [5, 5.41) is 18.7. The molecular weight excluding hydrogens is 498 g/mol. The Morgan fingerprint density at radius 3 is 2.50 bits per heavy atom. The van der Waals surface area contributed by atoms with Crippen molar-refractivity contribution in [1.29, 1.82) is 0 Å². The van der Waals surface area contributed by atoms with Crippen molar-refractivity contribution in [1.82, 2.24) is 16.0 Å². The van der Waals surface area contributed by atoms with E-state index in [4.69, 9.17) is 4.99 Å². The molecule has 1 amide bonds. The molecular formula is C22H36FIN4O2. The molecule has 0 heterocycles. The van der Waals surface area contributed by atoms with E-state index >= 15 is 0 Å². The van der Waals surface area contributed by atoms with Crippen LogP contribution in [0.25, 0.3) is 0 Å². The number of hydrogen-bond acceptors (Lipinski definition) is 3. The molecule has 1 aromatic carbocycles. The molecule has 8 heteroatoms. The quantitative estimate of drug-likeness (QED) is 0.170. The van der Waals surface area contributed by atoms with Gasteiger partial charge >= 0.3 is 0 Å². The van der Waals surface area contributed by atoms with Crippen LogP contribution in [0.4, 0.5) is 4.39 Å². The molecule has 0 spiro atoms. The van der Waals surface area contributed by atoms with E-state index in [0.717, 1.165) is 25.8 Å². The number of aryl methyl sites for hydroxylation is 1. The zero-order valence-electron chi connectivity index (χ0n) is 18.1. The molecule has 0 aromatic heterocycles. The summed E-state index contributed by atoms with van der Waals surface area (Å²) in [6, 6.07) is 4.48. The molecule has 0 unspecified atom stereocenters. The second-order valence-electron chi connectivity index (χ2n) is 7.88. The number of rotatable bonds is 9. The van der Waals surface area contributed by atoms with Crippen LogP contribution in [0.3, 0.4) is 0 Å². The summed E-state index contributed by atoms with van der Waals surface area (Å²) in [6.07, 6.45) is 6.67. The fourth-order valence-corrected chi connectivity index (χ4v) is 3.81. The van der Waals surface area contributed by atoms with Gasteiger partial charge in [-0.2, -0.15) is 0 Å². The molecule has 1 aromatic rings. The molecule has 1 aliphatic carbocycles. The van der Waals surface area contributed by atoms with Gasteiger partial charge in [-0.3, -0.25) is 9.79 Å². The summed E-state index contributed by atoms with van der Waals surface area (Å²) >= 11 is 0. The van der Waals surface area contributed by atoms with Crippen molar-refractivity contribution < 1.29 is 14.3 Å². The number of nitrogens with zero attached hydrogens (tertiary/aromatic N) is 1. The third-order valence-electron chi connectivity index (χ3n) is 5.61. The Balaban J connectivity index is 0.00000450. The van der Waals surface area contributed by atoms with Crippen LogP contribution < -0.4 is 16.0 Å². The number of guanidine groups is 1. The Morgan fingerprint density at radius 2 is 1.87 bits per heavy atom. The number of aliphatic imine (C=N–C) groups is 1. The van der Waals surface area contributed by atoms with Crippen LogP contribution in [-0.2, 0) is 0 Å². The lowest BCUT2D eigenvalue weighted by Gasteiger charge is -2.35. The van der Waals surface area contributed by atoms with Crippen molar-refractivity contribution in [2.45, 2.75) is 52.4 Å². The minimum atomic E-state index is -0.378. The second-order valence-corrected chi connectivity index (χ2v) is 7.88. The van der Waals surface area contributed by atoms with E-state index < -0.39 is 0 Å². The normalized spacial score (nSPS) is 15.8. The van der Waals surface area contributed by atoms with Crippen molar-refractivity contribution in [3.8, 4) is 0 Å². The fraction of sp³-hybridized carbons (Fsp3) is 0.636. The van der Waals surface area contributed by atoms with Gasteiger partial charge in [0.25, 0.3) is 5.91 Å². The number of nitrogens with one attached hydrogen (secondary N) is 3. The van der Waals surface area contributed by atoms with Crippen LogP contribution in [0.5, 0.6) is 0 Å². The van der Waals surface area contributed by atoms with Gasteiger partial charge in [-0.25, -0.2) is 4.39 Å². The van der Waals surface area contributed by atoms with Gasteiger partial charge in [-0.1, -0.05) is 25.3 Å². The van der Waals surface area contributed by atoms with Gasteiger partial charge in [0.1, 0.15) is 5.82 Å². The minimum absolute atomic E-state index is 0. The van der Waals surface area contributed by atoms with Gasteiger partial charge in [0.2, 0.25) is 0 Å². The summed E-state index contributed by atoms with van der Waals surface area (Å²) in [5.74, 6) is 0.0413. The molecule has 6 nitrogen and oxygen atoms in total. The smallest absolute Gasteiger partial charge is 0.251 e. The SMILES string of the molecule is CCNC(=NCC1(CCO)CCCCC1)NCCNC(=O)c1ccc(C)c(F)c1.I. The van der Waals surface area contributed by atoms with Crippen LogP contribution >= 0.6 is 24.0 Å². The molecule has 1 fully saturated rings. The number of aliphatic hydroxyl groups is 1. The Labute approximate surface area is 196 Å². The third-order valence-corrected chi connectivity index (χ3v) is 5.61. The Bertz CT molecular complexity index is 688. The van der Waals surface area contributed by atoms with Gasteiger partial charge in [-0.05, 0) is 56.2 Å². The lowest BCUT2D eigenvalue weighted by molar-refractivity contribution is 0.0954. The van der Waals surface area contributed by atoms with Crippen LogP contribution in [-0.4, -0.2) is 49.8 Å². The van der Waals surface area contributed by atoms with Gasteiger partial charge in [0, 0.05) is 38.3 Å². The molecule has 0 bridgehead atoms. The highest BCUT2D eigenvalue weighted by atomic mass is 127. The zero-order chi connectivity index (χ0) is 21.1. The number of carbonyl (C=O) groups excluding carboxylic acids is 1. The molecule has 4 N–H and O–H groups in total. The van der Waals surface area contributed by atoms with Crippen LogP contribution in [0.2, 0.25) is 0 Å². The van der Waals surface area contributed by atoms with Crippen molar-refractivity contribution in [2.24, 2.45) is 10.4 Å². The Morgan fingerprint density at radius 1 is 1.17 bits per heavy atom. The minimum Gasteiger partial charge on any atom is -0.396 e. The summed E-state index contributed by atoms with van der Waals surface area (Å²) in [4.78, 5) is 16.9. The molecule has 0 atom stereocenters. The average molecular weight is 534 g/mol. The highest BCUT2D eigenvalue weighted by Crippen LogP contribution is 2.39. The number of aliphatic hydroxyl groups excluding tert-OH is 1. The summed E-state index contributed by atoms with van der Waals surface area (Å²) in [7, 11) is 0. The summed E-state index contributed by atoms with van der Waals surface area (Å²) in [5.41, 5.74) is 0.933. The molecule has 170 valence electrons. The standard InChI is InChI=1S/C22H35FN4O2.HI/c1-3-24-21(27-16-22(11-14-28)9-5-4-6-10-22)26-13-12-25-20(29)18-8-7-17(2)19(23)15-18;/h7-8,15,28H,3-6,9-14,16H2,1-2H3,(H,25,29)(H2,24,26,27);1H. The van der Waals surface area contributed by atoms with Crippen molar-refractivity contribution in [3.05, 3.63) is 35.1 Å². The van der Waals surface area contributed by atoms with E-state index in [1.807, 2.05) is 6.92 Å². The maximum absolute atomic E-state index is 13.6. The highest BCUT2D eigenvalue weighted by Gasteiger charge is 2.31. The van der Waals surface area contributed by atoms with Crippen LogP contribution in [0, 0.1) is 18.2 Å². The fourth-order valence-electron chi connectivity index (χ4n) is 3.81. The van der Waals surface area contributed by atoms with Crippen molar-refractivity contribution >= 4 is 35.8 Å². The molecule has 0 saturated heterocycles. The van der Waals surface area contributed by atoms with Gasteiger partial charge in [0.05, 0.1) is 0 Å². The number of amides is 1.